The lowest BCUT2D eigenvalue weighted by Gasteiger charge is -2.27. The lowest BCUT2D eigenvalue weighted by Crippen LogP contribution is -2.41. The van der Waals surface area contributed by atoms with Crippen molar-refractivity contribution in [2.45, 2.75) is 45.4 Å². The summed E-state index contributed by atoms with van der Waals surface area (Å²) in [7, 11) is 0. The standard InChI is InChI=1S/C14H20N2O/c1-4-10(2)16-11(3)15-13(14(16)17)12-8-6-5-7-9-12/h5-11,13,15H,4H2,1-3H3. The van der Waals surface area contributed by atoms with E-state index in [1.807, 2.05) is 42.2 Å². The molecule has 1 aliphatic rings. The van der Waals surface area contributed by atoms with Crippen LogP contribution in [-0.4, -0.2) is 23.0 Å². The predicted octanol–water partition coefficient (Wildman–Crippen LogP) is 2.30. The number of carbonyl (C=O) groups is 1. The highest BCUT2D eigenvalue weighted by Gasteiger charge is 2.38. The first kappa shape index (κ1) is 12.1. The molecule has 3 unspecified atom stereocenters. The van der Waals surface area contributed by atoms with Crippen LogP contribution in [0.2, 0.25) is 0 Å². The zero-order valence-electron chi connectivity index (χ0n) is 10.7. The van der Waals surface area contributed by atoms with Crippen LogP contribution in [0.1, 0.15) is 38.8 Å². The molecule has 2 rings (SSSR count). The Hall–Kier alpha value is -1.35. The summed E-state index contributed by atoms with van der Waals surface area (Å²) in [6.45, 7) is 6.26. The molecule has 1 aromatic rings. The lowest BCUT2D eigenvalue weighted by molar-refractivity contribution is -0.131. The average Bonchev–Trinajstić information content (AvgIpc) is 2.65. The van der Waals surface area contributed by atoms with Gasteiger partial charge in [-0.2, -0.15) is 0 Å². The van der Waals surface area contributed by atoms with Crippen LogP contribution in [0.4, 0.5) is 0 Å². The van der Waals surface area contributed by atoms with E-state index in [1.54, 1.807) is 0 Å². The van der Waals surface area contributed by atoms with Crippen LogP contribution in [0.15, 0.2) is 30.3 Å². The van der Waals surface area contributed by atoms with Crippen molar-refractivity contribution in [1.82, 2.24) is 10.2 Å². The molecular formula is C14H20N2O. The van der Waals surface area contributed by atoms with Crippen molar-refractivity contribution in [2.75, 3.05) is 0 Å². The summed E-state index contributed by atoms with van der Waals surface area (Å²) < 4.78 is 0. The number of hydrogen-bond donors (Lipinski definition) is 1. The zero-order valence-corrected chi connectivity index (χ0v) is 10.7. The van der Waals surface area contributed by atoms with Crippen LogP contribution < -0.4 is 5.32 Å². The van der Waals surface area contributed by atoms with Gasteiger partial charge in [0.25, 0.3) is 0 Å². The first-order valence-corrected chi connectivity index (χ1v) is 6.28. The van der Waals surface area contributed by atoms with Gasteiger partial charge in [0.05, 0.1) is 6.17 Å². The largest absolute Gasteiger partial charge is 0.323 e. The molecule has 0 saturated carbocycles. The van der Waals surface area contributed by atoms with Crippen LogP contribution in [0.25, 0.3) is 0 Å². The van der Waals surface area contributed by atoms with Gasteiger partial charge in [-0.05, 0) is 25.8 Å². The second-order valence-corrected chi connectivity index (χ2v) is 4.69. The number of rotatable bonds is 3. The molecule has 17 heavy (non-hydrogen) atoms. The van der Waals surface area contributed by atoms with Crippen molar-refractivity contribution in [3.05, 3.63) is 35.9 Å². The van der Waals surface area contributed by atoms with Crippen LogP contribution in [0.3, 0.4) is 0 Å². The third-order valence-electron chi connectivity index (χ3n) is 3.53. The SMILES string of the molecule is CCC(C)N1C(=O)C(c2ccccc2)NC1C. The van der Waals surface area contributed by atoms with E-state index in [0.29, 0.717) is 6.04 Å². The molecule has 0 aromatic heterocycles. The fourth-order valence-electron chi connectivity index (χ4n) is 2.41. The summed E-state index contributed by atoms with van der Waals surface area (Å²) in [6.07, 6.45) is 1.10. The topological polar surface area (TPSA) is 32.3 Å². The zero-order chi connectivity index (χ0) is 12.4. The third-order valence-corrected chi connectivity index (χ3v) is 3.53. The molecule has 3 atom stereocenters. The molecule has 1 amide bonds. The van der Waals surface area contributed by atoms with Crippen LogP contribution in [0, 0.1) is 0 Å². The van der Waals surface area contributed by atoms with E-state index in [1.165, 1.54) is 0 Å². The molecule has 3 heteroatoms. The van der Waals surface area contributed by atoms with Crippen molar-refractivity contribution in [3.63, 3.8) is 0 Å². The van der Waals surface area contributed by atoms with E-state index in [4.69, 9.17) is 0 Å². The smallest absolute Gasteiger partial charge is 0.245 e. The van der Waals surface area contributed by atoms with Gasteiger partial charge in [-0.1, -0.05) is 37.3 Å². The average molecular weight is 232 g/mol. The summed E-state index contributed by atoms with van der Waals surface area (Å²) in [5, 5.41) is 3.36. The summed E-state index contributed by atoms with van der Waals surface area (Å²) >= 11 is 0. The van der Waals surface area contributed by atoms with Crippen molar-refractivity contribution < 1.29 is 4.79 Å². The fourth-order valence-corrected chi connectivity index (χ4v) is 2.41. The summed E-state index contributed by atoms with van der Waals surface area (Å²) in [6, 6.07) is 10.0. The minimum atomic E-state index is -0.180. The fraction of sp³-hybridized carbons (Fsp3) is 0.500. The number of amides is 1. The maximum atomic E-state index is 12.4. The molecule has 92 valence electrons. The van der Waals surface area contributed by atoms with Gasteiger partial charge in [0, 0.05) is 6.04 Å². The highest BCUT2D eigenvalue weighted by atomic mass is 16.2. The molecule has 0 bridgehead atoms. The van der Waals surface area contributed by atoms with Gasteiger partial charge < -0.3 is 4.90 Å². The van der Waals surface area contributed by atoms with Gasteiger partial charge in [-0.3, -0.25) is 10.1 Å². The van der Waals surface area contributed by atoms with E-state index in [-0.39, 0.29) is 18.1 Å². The maximum Gasteiger partial charge on any atom is 0.245 e. The van der Waals surface area contributed by atoms with Crippen molar-refractivity contribution in [3.8, 4) is 0 Å². The van der Waals surface area contributed by atoms with Gasteiger partial charge in [-0.15, -0.1) is 0 Å². The molecule has 1 N–H and O–H groups in total. The second kappa shape index (κ2) is 4.88. The number of nitrogens with one attached hydrogen (secondary N) is 1. The Bertz CT molecular complexity index is 390. The molecule has 0 spiro atoms. The minimum Gasteiger partial charge on any atom is -0.323 e. The second-order valence-electron chi connectivity index (χ2n) is 4.69. The van der Waals surface area contributed by atoms with Gasteiger partial charge in [0.1, 0.15) is 6.04 Å². The summed E-state index contributed by atoms with van der Waals surface area (Å²) in [4.78, 5) is 14.3. The Morgan fingerprint density at radius 1 is 1.35 bits per heavy atom. The van der Waals surface area contributed by atoms with Crippen LogP contribution in [-0.2, 0) is 4.79 Å². The highest BCUT2D eigenvalue weighted by Crippen LogP contribution is 2.26. The number of nitrogens with zero attached hydrogens (tertiary/aromatic N) is 1. The van der Waals surface area contributed by atoms with Crippen molar-refractivity contribution >= 4 is 5.91 Å². The first-order chi connectivity index (χ1) is 8.15. The van der Waals surface area contributed by atoms with E-state index in [0.717, 1.165) is 12.0 Å². The lowest BCUT2D eigenvalue weighted by atomic mass is 10.1. The van der Waals surface area contributed by atoms with Crippen LogP contribution >= 0.6 is 0 Å². The molecule has 0 aliphatic carbocycles. The van der Waals surface area contributed by atoms with E-state index >= 15 is 0 Å². The van der Waals surface area contributed by atoms with Gasteiger partial charge in [-0.25, -0.2) is 0 Å². The Morgan fingerprint density at radius 3 is 2.59 bits per heavy atom. The minimum absolute atomic E-state index is 0.114. The monoisotopic (exact) mass is 232 g/mol. The number of carbonyl (C=O) groups excluding carboxylic acids is 1. The Morgan fingerprint density at radius 2 is 2.00 bits per heavy atom. The van der Waals surface area contributed by atoms with E-state index in [9.17, 15) is 4.79 Å². The quantitative estimate of drug-likeness (QED) is 0.867. The Labute approximate surface area is 103 Å². The molecule has 1 saturated heterocycles. The third kappa shape index (κ3) is 2.20. The van der Waals surface area contributed by atoms with Gasteiger partial charge >= 0.3 is 0 Å². The maximum absolute atomic E-state index is 12.4. The summed E-state index contributed by atoms with van der Waals surface area (Å²) in [5.41, 5.74) is 1.05. The molecule has 0 radical (unpaired) electrons. The molecule has 3 nitrogen and oxygen atoms in total. The normalized spacial score (nSPS) is 26.3. The molecule has 1 fully saturated rings. The van der Waals surface area contributed by atoms with Crippen molar-refractivity contribution in [1.29, 1.82) is 0 Å². The molecule has 1 heterocycles. The van der Waals surface area contributed by atoms with E-state index in [2.05, 4.69) is 19.2 Å². The number of hydrogen-bond acceptors (Lipinski definition) is 2. The Balaban J connectivity index is 2.22. The summed E-state index contributed by atoms with van der Waals surface area (Å²) in [5.74, 6) is 0.193. The first-order valence-electron chi connectivity index (χ1n) is 6.28. The molecular weight excluding hydrogens is 212 g/mol. The van der Waals surface area contributed by atoms with Crippen molar-refractivity contribution in [2.24, 2.45) is 0 Å². The number of benzene rings is 1. The van der Waals surface area contributed by atoms with Crippen LogP contribution in [0.5, 0.6) is 0 Å². The predicted molar refractivity (Wildman–Crippen MR) is 68.4 cm³/mol. The molecule has 1 aliphatic heterocycles. The van der Waals surface area contributed by atoms with Gasteiger partial charge in [0.15, 0.2) is 0 Å². The Kier molecular flexibility index (Phi) is 3.48. The highest BCUT2D eigenvalue weighted by molar-refractivity contribution is 5.85. The molecule has 1 aromatic carbocycles. The van der Waals surface area contributed by atoms with E-state index < -0.39 is 0 Å². The van der Waals surface area contributed by atoms with Gasteiger partial charge in [0.2, 0.25) is 5.91 Å².